The van der Waals surface area contributed by atoms with Crippen LogP contribution in [0.3, 0.4) is 0 Å². The van der Waals surface area contributed by atoms with E-state index in [1.807, 2.05) is 42.5 Å². The summed E-state index contributed by atoms with van der Waals surface area (Å²) in [5, 5.41) is 2.38. The van der Waals surface area contributed by atoms with E-state index in [0.717, 1.165) is 59.6 Å². The molecule has 0 saturated carbocycles. The second-order valence-corrected chi connectivity index (χ2v) is 10.1. The van der Waals surface area contributed by atoms with Crippen LogP contribution in [0.1, 0.15) is 61.3 Å². The van der Waals surface area contributed by atoms with Crippen molar-refractivity contribution in [1.82, 2.24) is 0 Å². The lowest BCUT2D eigenvalue weighted by molar-refractivity contribution is 0.304. The molecule has 0 heterocycles. The minimum absolute atomic E-state index is 0.103. The first kappa shape index (κ1) is 26.2. The summed E-state index contributed by atoms with van der Waals surface area (Å²) < 4.78 is 21.1. The highest BCUT2D eigenvalue weighted by atomic mass is 35.5. The summed E-state index contributed by atoms with van der Waals surface area (Å²) in [4.78, 5) is 0. The third kappa shape index (κ3) is 7.58. The lowest BCUT2D eigenvalue weighted by atomic mass is 9.97. The van der Waals surface area contributed by atoms with E-state index in [0.29, 0.717) is 11.8 Å². The van der Waals surface area contributed by atoms with Crippen molar-refractivity contribution in [3.05, 3.63) is 112 Å². The van der Waals surface area contributed by atoms with E-state index in [-0.39, 0.29) is 5.82 Å². The van der Waals surface area contributed by atoms with Gasteiger partial charge in [-0.05, 0) is 84.0 Å². The zero-order valence-corrected chi connectivity index (χ0v) is 22.0. The molecule has 0 aliphatic rings. The Morgan fingerprint density at radius 3 is 2.06 bits per heavy atom. The summed E-state index contributed by atoms with van der Waals surface area (Å²) >= 11 is 5.96. The molecule has 4 aromatic carbocycles. The highest BCUT2D eigenvalue weighted by Gasteiger charge is 2.09. The summed E-state index contributed by atoms with van der Waals surface area (Å²) in [6.45, 7) is 3.03. The average molecular weight is 503 g/mol. The van der Waals surface area contributed by atoms with Crippen molar-refractivity contribution in [3.8, 4) is 5.75 Å². The topological polar surface area (TPSA) is 9.23 Å². The summed E-state index contributed by atoms with van der Waals surface area (Å²) in [5.74, 6) is 0.844. The van der Waals surface area contributed by atoms with E-state index in [1.54, 1.807) is 0 Å². The van der Waals surface area contributed by atoms with Crippen LogP contribution in [0.2, 0.25) is 5.02 Å². The zero-order valence-electron chi connectivity index (χ0n) is 21.2. The van der Waals surface area contributed by atoms with E-state index >= 15 is 4.39 Å². The number of halogens is 2. The highest BCUT2D eigenvalue weighted by molar-refractivity contribution is 6.30. The van der Waals surface area contributed by atoms with E-state index in [1.165, 1.54) is 36.8 Å². The quantitative estimate of drug-likeness (QED) is 0.165. The number of hydrogen-bond acceptors (Lipinski definition) is 1. The molecule has 36 heavy (non-hydrogen) atoms. The fraction of sp³-hybridized carbons (Fsp3) is 0.333. The first-order chi connectivity index (χ1) is 17.6. The molecule has 0 atom stereocenters. The molecule has 4 aromatic rings. The molecule has 0 saturated heterocycles. The average Bonchev–Trinajstić information content (AvgIpc) is 2.90. The number of aryl methyl sites for hydroxylation is 4. The van der Waals surface area contributed by atoms with Gasteiger partial charge < -0.3 is 4.74 Å². The first-order valence-corrected chi connectivity index (χ1v) is 13.7. The minimum atomic E-state index is -0.103. The van der Waals surface area contributed by atoms with Gasteiger partial charge in [-0.15, -0.1) is 0 Å². The standard InChI is InChI=1S/C33H36ClFO/c1-2-3-4-5-6-23-36-31-20-12-25(13-21-31)7-8-27-14-22-32-29(24-27)17-16-28(33(32)35)15-9-26-10-18-30(34)19-11-26/h10-14,16-22,24H,2-9,15,23H2,1H3. The maximum Gasteiger partial charge on any atom is 0.134 e. The number of unbranched alkanes of at least 4 members (excludes halogenated alkanes) is 4. The third-order valence-corrected chi connectivity index (χ3v) is 7.09. The van der Waals surface area contributed by atoms with E-state index in [4.69, 9.17) is 16.3 Å². The van der Waals surface area contributed by atoms with Gasteiger partial charge >= 0.3 is 0 Å². The molecule has 1 nitrogen and oxygen atoms in total. The molecule has 0 bridgehead atoms. The van der Waals surface area contributed by atoms with Crippen LogP contribution in [-0.2, 0) is 25.7 Å². The van der Waals surface area contributed by atoms with Crippen molar-refractivity contribution in [2.75, 3.05) is 6.61 Å². The van der Waals surface area contributed by atoms with Gasteiger partial charge in [0.2, 0.25) is 0 Å². The predicted octanol–water partition coefficient (Wildman–Crippen LogP) is 9.55. The van der Waals surface area contributed by atoms with Gasteiger partial charge in [-0.3, -0.25) is 0 Å². The van der Waals surface area contributed by atoms with Crippen LogP contribution in [0, 0.1) is 5.82 Å². The molecule has 0 radical (unpaired) electrons. The summed E-state index contributed by atoms with van der Waals surface area (Å²) in [6, 6.07) is 26.3. The number of benzene rings is 4. The van der Waals surface area contributed by atoms with E-state index in [9.17, 15) is 0 Å². The Labute approximate surface area is 220 Å². The summed E-state index contributed by atoms with van der Waals surface area (Å²) in [7, 11) is 0. The van der Waals surface area contributed by atoms with Crippen molar-refractivity contribution >= 4 is 22.4 Å². The van der Waals surface area contributed by atoms with Crippen molar-refractivity contribution in [2.45, 2.75) is 64.7 Å². The molecular formula is C33H36ClFO. The molecule has 0 amide bonds. The highest BCUT2D eigenvalue weighted by Crippen LogP contribution is 2.25. The van der Waals surface area contributed by atoms with Crippen LogP contribution in [0.15, 0.2) is 78.9 Å². The Kier molecular flexibility index (Phi) is 9.81. The Morgan fingerprint density at radius 2 is 1.31 bits per heavy atom. The molecule has 0 unspecified atom stereocenters. The lowest BCUT2D eigenvalue weighted by Gasteiger charge is -2.10. The SMILES string of the molecule is CCCCCCCOc1ccc(CCc2ccc3c(F)c(CCc4ccc(Cl)cc4)ccc3c2)cc1. The fourth-order valence-electron chi connectivity index (χ4n) is 4.60. The second-order valence-electron chi connectivity index (χ2n) is 9.63. The van der Waals surface area contributed by atoms with E-state index in [2.05, 4.69) is 43.3 Å². The van der Waals surface area contributed by atoms with Gasteiger partial charge in [-0.2, -0.15) is 0 Å². The normalized spacial score (nSPS) is 11.2. The van der Waals surface area contributed by atoms with Crippen LogP contribution in [-0.4, -0.2) is 6.61 Å². The van der Waals surface area contributed by atoms with Crippen molar-refractivity contribution < 1.29 is 9.13 Å². The van der Waals surface area contributed by atoms with Crippen LogP contribution < -0.4 is 4.74 Å². The van der Waals surface area contributed by atoms with Gasteiger partial charge in [0.05, 0.1) is 6.61 Å². The molecule has 0 fully saturated rings. The Balaban J connectivity index is 1.29. The molecule has 3 heteroatoms. The number of ether oxygens (including phenoxy) is 1. The molecule has 188 valence electrons. The number of hydrogen-bond donors (Lipinski definition) is 0. The molecular weight excluding hydrogens is 467 g/mol. The van der Waals surface area contributed by atoms with Gasteiger partial charge in [0, 0.05) is 10.4 Å². The molecule has 0 aliphatic carbocycles. The van der Waals surface area contributed by atoms with Crippen LogP contribution in [0.25, 0.3) is 10.8 Å². The Hall–Kier alpha value is -2.84. The fourth-order valence-corrected chi connectivity index (χ4v) is 4.73. The predicted molar refractivity (Wildman–Crippen MR) is 151 cm³/mol. The smallest absolute Gasteiger partial charge is 0.134 e. The maximum atomic E-state index is 15.2. The van der Waals surface area contributed by atoms with Gasteiger partial charge in [-0.25, -0.2) is 4.39 Å². The lowest BCUT2D eigenvalue weighted by Crippen LogP contribution is -1.98. The molecule has 4 rings (SSSR count). The van der Waals surface area contributed by atoms with Crippen LogP contribution in [0.4, 0.5) is 4.39 Å². The monoisotopic (exact) mass is 502 g/mol. The van der Waals surface area contributed by atoms with Gasteiger partial charge in [0.15, 0.2) is 0 Å². The number of rotatable bonds is 13. The third-order valence-electron chi connectivity index (χ3n) is 6.84. The van der Waals surface area contributed by atoms with Crippen molar-refractivity contribution in [1.29, 1.82) is 0 Å². The Morgan fingerprint density at radius 1 is 0.667 bits per heavy atom. The second kappa shape index (κ2) is 13.5. The van der Waals surface area contributed by atoms with E-state index < -0.39 is 0 Å². The molecule has 0 aromatic heterocycles. The molecule has 0 aliphatic heterocycles. The summed E-state index contributed by atoms with van der Waals surface area (Å²) in [5.41, 5.74) is 4.43. The van der Waals surface area contributed by atoms with Gasteiger partial charge in [0.25, 0.3) is 0 Å². The van der Waals surface area contributed by atoms with Crippen LogP contribution >= 0.6 is 11.6 Å². The largest absolute Gasteiger partial charge is 0.494 e. The van der Waals surface area contributed by atoms with Gasteiger partial charge in [-0.1, -0.05) is 98.8 Å². The summed E-state index contributed by atoms with van der Waals surface area (Å²) in [6.07, 6.45) is 9.58. The Bertz CT molecular complexity index is 1230. The minimum Gasteiger partial charge on any atom is -0.494 e. The van der Waals surface area contributed by atoms with Crippen molar-refractivity contribution in [2.24, 2.45) is 0 Å². The zero-order chi connectivity index (χ0) is 25.2. The van der Waals surface area contributed by atoms with Crippen LogP contribution in [0.5, 0.6) is 5.75 Å². The molecule has 0 N–H and O–H groups in total. The van der Waals surface area contributed by atoms with Gasteiger partial charge in [0.1, 0.15) is 11.6 Å². The van der Waals surface area contributed by atoms with Crippen molar-refractivity contribution in [3.63, 3.8) is 0 Å². The first-order valence-electron chi connectivity index (χ1n) is 13.3. The maximum absolute atomic E-state index is 15.2. The number of fused-ring (bicyclic) bond motifs is 1. The molecule has 0 spiro atoms.